The monoisotopic (exact) mass is 153 g/mol. The number of halogens is 2. The first-order valence-corrected chi connectivity index (χ1v) is 3.19. The zero-order valence-corrected chi connectivity index (χ0v) is 5.87. The Labute approximate surface area is 59.0 Å². The lowest BCUT2D eigenvalue weighted by molar-refractivity contribution is -0.112. The average molecular weight is 154 g/mol. The third kappa shape index (κ3) is 2.01. The van der Waals surface area contributed by atoms with E-state index in [1.165, 1.54) is 0 Å². The average Bonchev–Trinajstić information content (AvgIpc) is 1.87. The summed E-state index contributed by atoms with van der Waals surface area (Å²) in [5.74, 6) is 0.361. The Balaban J connectivity index is 3.76. The highest BCUT2D eigenvalue weighted by Crippen LogP contribution is 2.15. The Bertz CT molecular complexity index is 78.5. The molecule has 0 amide bonds. The third-order valence-electron chi connectivity index (χ3n) is 0.782. The smallest absolute Gasteiger partial charge is 0.128 e. The number of carbonyl (C=O) groups excluding carboxylic acids is 1. The van der Waals surface area contributed by atoms with E-state index in [0.717, 1.165) is 0 Å². The molecule has 0 N–H and O–H groups in total. The highest BCUT2D eigenvalue weighted by atomic mass is 35.5. The number of hydrogen-bond donors (Lipinski definition) is 0. The molecule has 0 rings (SSSR count). The van der Waals surface area contributed by atoms with E-state index in [4.69, 9.17) is 23.2 Å². The summed E-state index contributed by atoms with van der Waals surface area (Å²) in [5.41, 5.74) is -0.775. The van der Waals surface area contributed by atoms with Gasteiger partial charge in [0.05, 0.1) is 5.41 Å². The zero-order chi connectivity index (χ0) is 6.62. The van der Waals surface area contributed by atoms with Gasteiger partial charge in [0.2, 0.25) is 0 Å². The van der Waals surface area contributed by atoms with Crippen LogP contribution in [0.15, 0.2) is 0 Å². The summed E-state index contributed by atoms with van der Waals surface area (Å²) in [7, 11) is 0. The van der Waals surface area contributed by atoms with E-state index >= 15 is 0 Å². The fraction of sp³-hybridized carbons (Fsp3) is 0.600. The molecule has 47 valence electrons. The molecule has 0 heterocycles. The van der Waals surface area contributed by atoms with Gasteiger partial charge in [-0.2, -0.15) is 0 Å². The molecule has 0 saturated carbocycles. The van der Waals surface area contributed by atoms with Crippen molar-refractivity contribution < 1.29 is 4.79 Å². The van der Waals surface area contributed by atoms with Gasteiger partial charge in [-0.15, -0.1) is 23.2 Å². The van der Waals surface area contributed by atoms with Crippen LogP contribution >= 0.6 is 23.2 Å². The van der Waals surface area contributed by atoms with Gasteiger partial charge in [-0.3, -0.25) is 0 Å². The Kier molecular flexibility index (Phi) is 3.41. The van der Waals surface area contributed by atoms with E-state index in [1.807, 2.05) is 0 Å². The Morgan fingerprint density at radius 2 is 1.88 bits per heavy atom. The SMILES string of the molecule is [CH2]C(C=O)(CCl)CCl. The predicted octanol–water partition coefficient (Wildman–Crippen LogP) is 1.48. The molecule has 1 radical (unpaired) electrons. The molecule has 0 aromatic rings. The molecule has 0 spiro atoms. The van der Waals surface area contributed by atoms with Crippen molar-refractivity contribution >= 4 is 29.5 Å². The van der Waals surface area contributed by atoms with E-state index < -0.39 is 5.41 Å². The summed E-state index contributed by atoms with van der Waals surface area (Å²) < 4.78 is 0. The predicted molar refractivity (Wildman–Crippen MR) is 35.3 cm³/mol. The van der Waals surface area contributed by atoms with Crippen LogP contribution in [-0.4, -0.2) is 18.0 Å². The topological polar surface area (TPSA) is 17.1 Å². The first-order valence-electron chi connectivity index (χ1n) is 2.12. The molecule has 0 aliphatic rings. The number of carbonyl (C=O) groups is 1. The Morgan fingerprint density at radius 1 is 1.50 bits per heavy atom. The van der Waals surface area contributed by atoms with Gasteiger partial charge in [0.25, 0.3) is 0 Å². The van der Waals surface area contributed by atoms with E-state index in [1.54, 1.807) is 0 Å². The van der Waals surface area contributed by atoms with Gasteiger partial charge in [-0.25, -0.2) is 0 Å². The van der Waals surface area contributed by atoms with Crippen molar-refractivity contribution in [2.75, 3.05) is 11.8 Å². The van der Waals surface area contributed by atoms with Crippen LogP contribution in [0.3, 0.4) is 0 Å². The zero-order valence-electron chi connectivity index (χ0n) is 4.36. The largest absolute Gasteiger partial charge is 0.303 e. The molecule has 0 saturated heterocycles. The summed E-state index contributed by atoms with van der Waals surface area (Å²) in [6.07, 6.45) is 0.674. The first kappa shape index (κ1) is 8.25. The lowest BCUT2D eigenvalue weighted by atomic mass is 9.99. The molecule has 8 heavy (non-hydrogen) atoms. The summed E-state index contributed by atoms with van der Waals surface area (Å²) >= 11 is 10.7. The van der Waals surface area contributed by atoms with Gasteiger partial charge in [-0.05, 0) is 6.92 Å². The van der Waals surface area contributed by atoms with E-state index in [2.05, 4.69) is 6.92 Å². The first-order chi connectivity index (χ1) is 3.68. The van der Waals surface area contributed by atoms with Crippen LogP contribution in [0.1, 0.15) is 0 Å². The fourth-order valence-corrected chi connectivity index (χ4v) is 0.510. The van der Waals surface area contributed by atoms with Crippen molar-refractivity contribution in [1.29, 1.82) is 0 Å². The van der Waals surface area contributed by atoms with E-state index in [9.17, 15) is 4.79 Å². The molecule has 0 aromatic carbocycles. The van der Waals surface area contributed by atoms with Gasteiger partial charge in [0.1, 0.15) is 6.29 Å². The molecule has 0 aromatic heterocycles. The van der Waals surface area contributed by atoms with Crippen molar-refractivity contribution in [3.05, 3.63) is 6.92 Å². The van der Waals surface area contributed by atoms with Gasteiger partial charge in [-0.1, -0.05) is 0 Å². The molecule has 0 fully saturated rings. The highest BCUT2D eigenvalue weighted by Gasteiger charge is 2.20. The molecule has 0 bridgehead atoms. The van der Waals surface area contributed by atoms with Crippen molar-refractivity contribution in [3.63, 3.8) is 0 Å². The Hall–Kier alpha value is 0.250. The quantitative estimate of drug-likeness (QED) is 0.444. The van der Waals surface area contributed by atoms with Gasteiger partial charge < -0.3 is 4.79 Å². The maximum Gasteiger partial charge on any atom is 0.128 e. The summed E-state index contributed by atoms with van der Waals surface area (Å²) in [6, 6.07) is 0. The minimum Gasteiger partial charge on any atom is -0.303 e. The van der Waals surface area contributed by atoms with Crippen LogP contribution in [0.5, 0.6) is 0 Å². The van der Waals surface area contributed by atoms with E-state index in [0.29, 0.717) is 6.29 Å². The van der Waals surface area contributed by atoms with Gasteiger partial charge >= 0.3 is 0 Å². The number of rotatable bonds is 3. The maximum absolute atomic E-state index is 10.1. The van der Waals surface area contributed by atoms with Crippen LogP contribution in [-0.2, 0) is 4.79 Å². The lowest BCUT2D eigenvalue weighted by Gasteiger charge is -2.13. The van der Waals surface area contributed by atoms with Crippen molar-refractivity contribution in [3.8, 4) is 0 Å². The minimum atomic E-state index is -0.775. The molecule has 0 unspecified atom stereocenters. The summed E-state index contributed by atoms with van der Waals surface area (Å²) in [4.78, 5) is 10.1. The van der Waals surface area contributed by atoms with Crippen molar-refractivity contribution in [1.82, 2.24) is 0 Å². The highest BCUT2D eigenvalue weighted by molar-refractivity contribution is 6.23. The van der Waals surface area contributed by atoms with Gasteiger partial charge in [0, 0.05) is 11.8 Å². The lowest BCUT2D eigenvalue weighted by Crippen LogP contribution is -2.22. The maximum atomic E-state index is 10.1. The van der Waals surface area contributed by atoms with E-state index in [-0.39, 0.29) is 11.8 Å². The van der Waals surface area contributed by atoms with Crippen LogP contribution in [0.4, 0.5) is 0 Å². The molecular formula is C5H7Cl2O. The standard InChI is InChI=1S/C5H7Cl2O/c1-5(2-6,3-7)4-8/h4H,1-3H2. The second kappa shape index (κ2) is 3.31. The molecule has 0 aliphatic heterocycles. The number of aldehydes is 1. The fourth-order valence-electron chi connectivity index (χ4n) is 0.0987. The Morgan fingerprint density at radius 3 is 1.88 bits per heavy atom. The number of hydrogen-bond acceptors (Lipinski definition) is 1. The normalized spacial score (nSPS) is 11.4. The molecule has 3 heteroatoms. The summed E-state index contributed by atoms with van der Waals surface area (Å²) in [5, 5.41) is 0. The second-order valence-corrected chi connectivity index (χ2v) is 2.28. The van der Waals surface area contributed by atoms with Crippen LogP contribution < -0.4 is 0 Å². The number of alkyl halides is 2. The van der Waals surface area contributed by atoms with Crippen LogP contribution in [0.2, 0.25) is 0 Å². The van der Waals surface area contributed by atoms with Crippen molar-refractivity contribution in [2.45, 2.75) is 0 Å². The third-order valence-corrected chi connectivity index (χ3v) is 1.85. The second-order valence-electron chi connectivity index (χ2n) is 1.75. The molecule has 0 aliphatic carbocycles. The van der Waals surface area contributed by atoms with Crippen molar-refractivity contribution in [2.24, 2.45) is 5.41 Å². The minimum absolute atomic E-state index is 0.181. The summed E-state index contributed by atoms with van der Waals surface area (Å²) in [6.45, 7) is 3.49. The molecular weight excluding hydrogens is 147 g/mol. The molecule has 0 atom stereocenters. The molecule has 1 nitrogen and oxygen atoms in total. The van der Waals surface area contributed by atoms with Gasteiger partial charge in [0.15, 0.2) is 0 Å². The van der Waals surface area contributed by atoms with Crippen LogP contribution in [0, 0.1) is 12.3 Å². The van der Waals surface area contributed by atoms with Crippen LogP contribution in [0.25, 0.3) is 0 Å².